The molecule has 10 heteroatoms. The van der Waals surface area contributed by atoms with Gasteiger partial charge in [0.25, 0.3) is 15.9 Å². The van der Waals surface area contributed by atoms with Crippen LogP contribution in [0.15, 0.2) is 82.8 Å². The summed E-state index contributed by atoms with van der Waals surface area (Å²) in [6.07, 6.45) is 1.52. The third-order valence-corrected chi connectivity index (χ3v) is 8.90. The van der Waals surface area contributed by atoms with E-state index >= 15 is 0 Å². The van der Waals surface area contributed by atoms with Gasteiger partial charge in [-0.1, -0.05) is 65.2 Å². The molecule has 1 aromatic heterocycles. The predicted octanol–water partition coefficient (Wildman–Crippen LogP) is 6.36. The molecule has 0 atom stereocenters. The molecule has 7 nitrogen and oxygen atoms in total. The molecule has 1 heterocycles. The number of rotatable bonds is 8. The Bertz CT molecular complexity index is 1660. The fraction of sp³-hybridized carbons (Fsp3) is 0.172. The highest BCUT2D eigenvalue weighted by Gasteiger charge is 2.28. The molecule has 202 valence electrons. The van der Waals surface area contributed by atoms with Gasteiger partial charge < -0.3 is 4.57 Å². The molecule has 0 aliphatic heterocycles. The molecular weight excluding hydrogens is 555 g/mol. The first-order chi connectivity index (χ1) is 18.5. The van der Waals surface area contributed by atoms with Gasteiger partial charge in [-0.25, -0.2) is 13.8 Å². The maximum absolute atomic E-state index is 13.6. The van der Waals surface area contributed by atoms with Gasteiger partial charge in [-0.2, -0.15) is 5.10 Å². The van der Waals surface area contributed by atoms with Crippen molar-refractivity contribution in [3.8, 4) is 5.69 Å². The van der Waals surface area contributed by atoms with Crippen molar-refractivity contribution < 1.29 is 13.2 Å². The van der Waals surface area contributed by atoms with E-state index in [0.29, 0.717) is 15.7 Å². The Kier molecular flexibility index (Phi) is 8.49. The lowest BCUT2D eigenvalue weighted by Crippen LogP contribution is -2.40. The lowest BCUT2D eigenvalue weighted by atomic mass is 10.2. The molecule has 0 bridgehead atoms. The zero-order valence-corrected chi connectivity index (χ0v) is 24.3. The lowest BCUT2D eigenvalue weighted by molar-refractivity contribution is -0.119. The number of hydrogen-bond donors (Lipinski definition) is 1. The average Bonchev–Trinajstić information content (AvgIpc) is 3.17. The lowest BCUT2D eigenvalue weighted by Gasteiger charge is -2.25. The van der Waals surface area contributed by atoms with Crippen LogP contribution in [-0.4, -0.2) is 31.7 Å². The molecule has 1 N–H and O–H groups in total. The van der Waals surface area contributed by atoms with Crippen LogP contribution in [0.1, 0.15) is 28.1 Å². The third-order valence-electron chi connectivity index (χ3n) is 6.32. The number of halogens is 2. The van der Waals surface area contributed by atoms with E-state index in [4.69, 9.17) is 23.2 Å². The minimum absolute atomic E-state index is 0.0970. The molecule has 39 heavy (non-hydrogen) atoms. The summed E-state index contributed by atoms with van der Waals surface area (Å²) in [6.45, 7) is 7.06. The van der Waals surface area contributed by atoms with E-state index in [0.717, 1.165) is 38.1 Å². The summed E-state index contributed by atoms with van der Waals surface area (Å²) < 4.78 is 30.2. The van der Waals surface area contributed by atoms with Gasteiger partial charge in [0, 0.05) is 17.0 Å². The molecule has 1 amide bonds. The molecule has 0 aliphatic rings. The molecular formula is C29H28Cl2N4O3S. The van der Waals surface area contributed by atoms with Crippen molar-refractivity contribution in [2.45, 2.75) is 32.6 Å². The number of amides is 1. The van der Waals surface area contributed by atoms with Crippen LogP contribution in [-0.2, 0) is 14.8 Å². The van der Waals surface area contributed by atoms with Gasteiger partial charge >= 0.3 is 0 Å². The number of carbonyl (C=O) groups excluding carboxylic acids is 1. The van der Waals surface area contributed by atoms with E-state index in [1.165, 1.54) is 18.3 Å². The number of aromatic nitrogens is 1. The zero-order chi connectivity index (χ0) is 28.3. The minimum Gasteiger partial charge on any atom is -0.316 e. The normalized spacial score (nSPS) is 11.6. The Morgan fingerprint density at radius 3 is 2.36 bits per heavy atom. The van der Waals surface area contributed by atoms with Crippen LogP contribution in [0.25, 0.3) is 5.69 Å². The van der Waals surface area contributed by atoms with Gasteiger partial charge in [0.15, 0.2) is 0 Å². The number of carbonyl (C=O) groups is 1. The molecule has 0 fully saturated rings. The van der Waals surface area contributed by atoms with Crippen LogP contribution in [0.2, 0.25) is 10.0 Å². The quantitative estimate of drug-likeness (QED) is 0.194. The van der Waals surface area contributed by atoms with Gasteiger partial charge in [0.2, 0.25) is 0 Å². The van der Waals surface area contributed by atoms with Crippen LogP contribution >= 0.6 is 23.2 Å². The van der Waals surface area contributed by atoms with Crippen molar-refractivity contribution >= 4 is 51.0 Å². The largest absolute Gasteiger partial charge is 0.316 e. The summed E-state index contributed by atoms with van der Waals surface area (Å²) in [6, 6.07) is 20.8. The van der Waals surface area contributed by atoms with Crippen LogP contribution < -0.4 is 9.73 Å². The second kappa shape index (κ2) is 11.7. The average molecular weight is 584 g/mol. The van der Waals surface area contributed by atoms with E-state index in [2.05, 4.69) is 10.5 Å². The van der Waals surface area contributed by atoms with Gasteiger partial charge in [0.1, 0.15) is 6.54 Å². The number of aryl methyl sites for hydroxylation is 3. The van der Waals surface area contributed by atoms with E-state index < -0.39 is 22.5 Å². The Morgan fingerprint density at radius 1 is 0.974 bits per heavy atom. The number of anilines is 1. The first-order valence-electron chi connectivity index (χ1n) is 12.1. The number of benzene rings is 3. The Hall–Kier alpha value is -3.59. The highest BCUT2D eigenvalue weighted by Crippen LogP contribution is 2.31. The second-order valence-electron chi connectivity index (χ2n) is 9.14. The topological polar surface area (TPSA) is 83.8 Å². The molecule has 3 aromatic carbocycles. The van der Waals surface area contributed by atoms with Crippen molar-refractivity contribution in [3.63, 3.8) is 0 Å². The van der Waals surface area contributed by atoms with Crippen molar-refractivity contribution in [1.82, 2.24) is 9.99 Å². The van der Waals surface area contributed by atoms with Gasteiger partial charge in [-0.05, 0) is 69.7 Å². The summed E-state index contributed by atoms with van der Waals surface area (Å²) in [4.78, 5) is 13.0. The summed E-state index contributed by atoms with van der Waals surface area (Å²) in [5, 5.41) is 4.99. The number of nitrogens with zero attached hydrogens (tertiary/aromatic N) is 3. The van der Waals surface area contributed by atoms with Gasteiger partial charge in [0.05, 0.1) is 32.5 Å². The first kappa shape index (κ1) is 28.4. The maximum Gasteiger partial charge on any atom is 0.264 e. The zero-order valence-electron chi connectivity index (χ0n) is 21.9. The van der Waals surface area contributed by atoms with Crippen LogP contribution in [0.3, 0.4) is 0 Å². The smallest absolute Gasteiger partial charge is 0.264 e. The standard InChI is InChI=1S/C29H28Cl2N4O3S/c1-19-12-14-24(15-13-19)39(37,38)34(26-10-6-5-8-20(26)2)18-28(36)33-32-17-23-16-21(3)35(22(23)4)27-11-7-9-25(30)29(27)31/h5-17H,18H2,1-4H3,(H,33,36)/b32-17+. The molecule has 0 unspecified atom stereocenters. The summed E-state index contributed by atoms with van der Waals surface area (Å²) in [5.41, 5.74) is 7.77. The van der Waals surface area contributed by atoms with E-state index in [1.807, 2.05) is 49.6 Å². The van der Waals surface area contributed by atoms with E-state index in [-0.39, 0.29) is 4.90 Å². The molecule has 0 saturated carbocycles. The predicted molar refractivity (Wildman–Crippen MR) is 158 cm³/mol. The molecule has 0 radical (unpaired) electrons. The fourth-order valence-corrected chi connectivity index (χ4v) is 6.14. The molecule has 4 rings (SSSR count). The summed E-state index contributed by atoms with van der Waals surface area (Å²) in [5.74, 6) is -0.586. The number of para-hydroxylation sites is 1. The number of hydrazone groups is 1. The molecule has 0 aliphatic carbocycles. The van der Waals surface area contributed by atoms with Crippen molar-refractivity contribution in [2.24, 2.45) is 5.10 Å². The summed E-state index contributed by atoms with van der Waals surface area (Å²) >= 11 is 12.6. The SMILES string of the molecule is Cc1ccc(S(=O)(=O)N(CC(=O)N/N=C/c2cc(C)n(-c3cccc(Cl)c3Cl)c2C)c2ccccc2C)cc1. The van der Waals surface area contributed by atoms with E-state index in [9.17, 15) is 13.2 Å². The number of nitrogens with one attached hydrogen (secondary N) is 1. The molecule has 4 aromatic rings. The van der Waals surface area contributed by atoms with Crippen molar-refractivity contribution in [3.05, 3.63) is 111 Å². The fourth-order valence-electron chi connectivity index (χ4n) is 4.27. The minimum atomic E-state index is -4.02. The van der Waals surface area contributed by atoms with Crippen molar-refractivity contribution in [1.29, 1.82) is 0 Å². The maximum atomic E-state index is 13.6. The van der Waals surface area contributed by atoms with E-state index in [1.54, 1.807) is 43.3 Å². The van der Waals surface area contributed by atoms with Crippen LogP contribution in [0.4, 0.5) is 5.69 Å². The highest BCUT2D eigenvalue weighted by molar-refractivity contribution is 7.92. The first-order valence-corrected chi connectivity index (χ1v) is 14.3. The highest BCUT2D eigenvalue weighted by atomic mass is 35.5. The Morgan fingerprint density at radius 2 is 1.67 bits per heavy atom. The van der Waals surface area contributed by atoms with Crippen LogP contribution in [0.5, 0.6) is 0 Å². The molecule has 0 saturated heterocycles. The van der Waals surface area contributed by atoms with Crippen LogP contribution in [0, 0.1) is 27.7 Å². The van der Waals surface area contributed by atoms with Crippen molar-refractivity contribution in [2.75, 3.05) is 10.8 Å². The third kappa shape index (κ3) is 6.03. The summed E-state index contributed by atoms with van der Waals surface area (Å²) in [7, 11) is -4.02. The number of sulfonamides is 1. The molecule has 0 spiro atoms. The van der Waals surface area contributed by atoms with Gasteiger partial charge in [-0.15, -0.1) is 0 Å². The Labute approximate surface area is 238 Å². The Balaban J connectivity index is 1.58. The monoisotopic (exact) mass is 582 g/mol. The second-order valence-corrected chi connectivity index (χ2v) is 11.8. The van der Waals surface area contributed by atoms with Gasteiger partial charge in [-0.3, -0.25) is 9.10 Å². The number of hydrogen-bond acceptors (Lipinski definition) is 4.